The predicted molar refractivity (Wildman–Crippen MR) is 438 cm³/mol. The smallest absolute Gasteiger partial charge is 0.465 e. The number of rotatable bonds is 21. The Balaban J connectivity index is 0.000000164. The molecule has 610 valence electrons. The second kappa shape index (κ2) is 45.4. The van der Waals surface area contributed by atoms with Gasteiger partial charge in [-0.15, -0.1) is 0 Å². The van der Waals surface area contributed by atoms with Crippen LogP contribution in [0.2, 0.25) is 30.8 Å². The molecule has 0 aliphatic heterocycles. The Morgan fingerprint density at radius 3 is 1.47 bits per heavy atom. The van der Waals surface area contributed by atoms with Crippen molar-refractivity contribution in [2.24, 2.45) is 5.73 Å². The number of hydrogen-bond donors (Lipinski definition) is 4. The molecule has 0 atom stereocenters. The lowest BCUT2D eigenvalue weighted by Gasteiger charge is -2.17. The van der Waals surface area contributed by atoms with Gasteiger partial charge in [-0.2, -0.15) is 0 Å². The van der Waals surface area contributed by atoms with Crippen molar-refractivity contribution < 1.29 is 57.3 Å². The molecular weight excluding hydrogens is 1740 g/mol. The Labute approximate surface area is 699 Å². The highest BCUT2D eigenvalue weighted by atomic mass is 79.9. The number of aromatic amines is 1. The third-order valence-electron chi connectivity index (χ3n) is 16.7. The summed E-state index contributed by atoms with van der Waals surface area (Å²) < 4.78 is 49.1. The van der Waals surface area contributed by atoms with Crippen LogP contribution < -0.4 is 27.9 Å². The number of halogens is 9. The number of nitrogens with one attached hydrogen (secondary N) is 1. The summed E-state index contributed by atoms with van der Waals surface area (Å²) in [6.07, 6.45) is 29.1. The van der Waals surface area contributed by atoms with Crippen LogP contribution >= 0.6 is 101 Å². The first kappa shape index (κ1) is 91.4. The molecular formula is C73H83BBr2Cl6FN17O14. The maximum Gasteiger partial charge on any atom is 0.488 e. The number of carbonyl (C=O) groups excluding carboxylic acids is 4. The van der Waals surface area contributed by atoms with Gasteiger partial charge in [0.25, 0.3) is 16.7 Å². The SMILES string of the molecule is CCOC(=O)CBr.CCOC(=O)Cn1cnc2c(c(Br)cn2C2CC2)c1=O.CCOC(=O)Cn1cnc2c(ccn2C2CC2)c1=O.CCOC(Cc1c(Cl)ncnc1Cl)OCC.Clc1ncnc2c1ccn2C1CC1.NC1CC1.O=CCc1c(Cl)ncnc1Cl.O=c1[nH]cnc2c1ccn2C1CC1.OB(O)c1ccc(F)c(Cl)c1. The van der Waals surface area contributed by atoms with Crippen molar-refractivity contribution in [1.82, 2.24) is 77.2 Å². The number of alkyl halides is 1. The number of esters is 3. The van der Waals surface area contributed by atoms with Crippen LogP contribution in [0.25, 0.3) is 44.1 Å². The molecule has 11 aromatic rings. The van der Waals surface area contributed by atoms with Crippen LogP contribution in [-0.4, -0.2) is 169 Å². The fourth-order valence-electron chi connectivity index (χ4n) is 10.5. The molecule has 0 spiro atoms. The summed E-state index contributed by atoms with van der Waals surface area (Å²) in [5, 5.41) is 21.8. The summed E-state index contributed by atoms with van der Waals surface area (Å²) in [5.74, 6) is -1.64. The first-order chi connectivity index (χ1) is 54.8. The van der Waals surface area contributed by atoms with E-state index in [9.17, 15) is 38.0 Å². The van der Waals surface area contributed by atoms with Crippen LogP contribution in [0.4, 0.5) is 4.39 Å². The number of benzene rings is 1. The van der Waals surface area contributed by atoms with E-state index in [0.717, 1.165) is 52.9 Å². The Morgan fingerprint density at radius 1 is 0.579 bits per heavy atom. The highest BCUT2D eigenvalue weighted by molar-refractivity contribution is 9.10. The monoisotopic (exact) mass is 1820 g/mol. The fraction of sp³-hybridized carbons (Fsp3) is 0.425. The van der Waals surface area contributed by atoms with E-state index in [0.29, 0.717) is 135 Å². The summed E-state index contributed by atoms with van der Waals surface area (Å²) in [6, 6.07) is 11.8. The molecule has 5 aliphatic carbocycles. The Kier molecular flexibility index (Phi) is 36.4. The van der Waals surface area contributed by atoms with Gasteiger partial charge in [-0.05, 0) is 151 Å². The van der Waals surface area contributed by atoms with Crippen LogP contribution in [-0.2, 0) is 68.8 Å². The second-order valence-electron chi connectivity index (χ2n) is 25.4. The van der Waals surface area contributed by atoms with Gasteiger partial charge in [-0.1, -0.05) is 91.6 Å². The molecule has 1 aromatic carbocycles. The molecule has 31 nitrogen and oxygen atoms in total. The second-order valence-corrected chi connectivity index (χ2v) is 29.0. The topological polar surface area (TPSA) is 394 Å². The standard InChI is InChI=1S/C13H14BrN3O3.C13H15N3O3.C10H14Cl2N2O2.C9H8ClN3.C9H9N3O.C6H5BClFO2.C6H4Cl2N2O.C4H7BrO2.C3H7N/c1-2-20-10(18)6-16-7-15-12-11(13(16)19)9(14)5-17(12)8-3-4-8;1-2-19-11(17)7-15-8-14-12-10(13(15)18)5-6-16(12)9-3-4-9;1-3-15-8(16-4-2)5-7-9(11)13-6-14-10(7)12;10-8-7-3-4-13(6-1-2-6)9(7)12-5-11-8;13-9-7-3-4-12(6-1-2-6)8(7)10-5-11-9;8-5-3-4(7(10)11)1-2-6(5)9;7-5-4(1-2-11)6(8)10-3-9-5;1-2-7-4(6)3-5;4-3-1-2-3/h5,7-8H,2-4,6H2,1H3;5-6,8-9H,2-4,7H2,1H3;6,8H,3-5H2,1-2H3;3-6H,1-2H2;3-6H,1-2H2,(H,10,11,13);1-3,10-11H;2-3H,1H2;2-3H2,1H3;3H,1-2,4H2. The molecule has 16 rings (SSSR count). The molecule has 5 fully saturated rings. The van der Waals surface area contributed by atoms with Crippen molar-refractivity contribution in [2.45, 2.75) is 161 Å². The Bertz CT molecular complexity index is 5180. The number of nitrogens with two attached hydrogens (primary N) is 1. The molecule has 5 saturated carbocycles. The van der Waals surface area contributed by atoms with E-state index in [2.05, 4.69) is 95.6 Å². The first-order valence-corrected chi connectivity index (χ1v) is 40.4. The number of hydrogen-bond acceptors (Lipinski definition) is 24. The van der Waals surface area contributed by atoms with E-state index < -0.39 is 24.9 Å². The van der Waals surface area contributed by atoms with Crippen LogP contribution in [0.15, 0.2) is 118 Å². The van der Waals surface area contributed by atoms with Gasteiger partial charge in [-0.3, -0.25) is 37.9 Å². The number of H-pyrrole nitrogens is 1. The van der Waals surface area contributed by atoms with E-state index in [1.54, 1.807) is 26.8 Å². The van der Waals surface area contributed by atoms with E-state index in [4.69, 9.17) is 104 Å². The molecule has 0 unspecified atom stereocenters. The van der Waals surface area contributed by atoms with Crippen molar-refractivity contribution in [3.63, 3.8) is 0 Å². The third kappa shape index (κ3) is 27.2. The van der Waals surface area contributed by atoms with E-state index in [1.807, 2.05) is 59.9 Å². The fourth-order valence-corrected chi connectivity index (χ4v) is 12.5. The summed E-state index contributed by atoms with van der Waals surface area (Å²) >= 11 is 40.7. The lowest BCUT2D eigenvalue weighted by atomic mass is 9.80. The normalized spacial score (nSPS) is 13.7. The molecule has 0 amide bonds. The van der Waals surface area contributed by atoms with Gasteiger partial charge >= 0.3 is 25.0 Å². The van der Waals surface area contributed by atoms with Gasteiger partial charge in [0.2, 0.25) is 0 Å². The quantitative estimate of drug-likeness (QED) is 0.00987. The molecule has 0 saturated heterocycles. The Morgan fingerprint density at radius 2 is 1.02 bits per heavy atom. The van der Waals surface area contributed by atoms with Gasteiger partial charge in [-0.25, -0.2) is 49.2 Å². The number of carbonyl (C=O) groups is 4. The summed E-state index contributed by atoms with van der Waals surface area (Å²) in [6.45, 7) is 11.0. The number of aromatic nitrogens is 16. The van der Waals surface area contributed by atoms with Crippen LogP contribution in [0, 0.1) is 5.82 Å². The molecule has 0 bridgehead atoms. The lowest BCUT2D eigenvalue weighted by molar-refractivity contribution is -0.144. The van der Waals surface area contributed by atoms with Crippen LogP contribution in [0.5, 0.6) is 0 Å². The van der Waals surface area contributed by atoms with Crippen molar-refractivity contribution in [3.8, 4) is 0 Å². The molecule has 0 radical (unpaired) electrons. The lowest BCUT2D eigenvalue weighted by Crippen LogP contribution is -2.29. The maximum absolute atomic E-state index is 12.5. The number of fused-ring (bicyclic) bond motifs is 4. The van der Waals surface area contributed by atoms with E-state index in [-0.39, 0.29) is 69.2 Å². The molecule has 5 aliphatic rings. The highest BCUT2D eigenvalue weighted by Gasteiger charge is 2.30. The van der Waals surface area contributed by atoms with E-state index >= 15 is 0 Å². The first-order valence-electron chi connectivity index (χ1n) is 36.2. The summed E-state index contributed by atoms with van der Waals surface area (Å²) in [5.41, 5.74) is 9.20. The summed E-state index contributed by atoms with van der Waals surface area (Å²) in [7, 11) is -1.60. The minimum absolute atomic E-state index is 0.0515. The zero-order valence-electron chi connectivity index (χ0n) is 62.5. The van der Waals surface area contributed by atoms with Gasteiger partial charge in [0.15, 0.2) is 6.29 Å². The molecule has 5 N–H and O–H groups in total. The van der Waals surface area contributed by atoms with Crippen molar-refractivity contribution >= 4 is 182 Å². The number of nitrogens with zero attached hydrogens (tertiary/aromatic N) is 15. The van der Waals surface area contributed by atoms with Crippen LogP contribution in [0.3, 0.4) is 0 Å². The predicted octanol–water partition coefficient (Wildman–Crippen LogP) is 11.9. The summed E-state index contributed by atoms with van der Waals surface area (Å²) in [4.78, 5) is 118. The van der Waals surface area contributed by atoms with Crippen molar-refractivity contribution in [3.05, 3.63) is 182 Å². The largest absolute Gasteiger partial charge is 0.488 e. The molecule has 10 aromatic heterocycles. The molecule has 41 heteroatoms. The number of ether oxygens (including phenoxy) is 5. The average Bonchev–Trinajstić information content (AvgIpc) is 1.61. The van der Waals surface area contributed by atoms with Crippen LogP contribution in [0.1, 0.15) is 134 Å². The maximum atomic E-state index is 12.5. The van der Waals surface area contributed by atoms with E-state index in [1.165, 1.54) is 97.8 Å². The molecule has 114 heavy (non-hydrogen) atoms. The Hall–Kier alpha value is -8.17. The minimum atomic E-state index is -1.60. The van der Waals surface area contributed by atoms with Crippen molar-refractivity contribution in [2.75, 3.05) is 38.4 Å². The minimum Gasteiger partial charge on any atom is -0.465 e. The molecule has 10 heterocycles. The van der Waals surface area contributed by atoms with Gasteiger partial charge in [0, 0.05) is 92.2 Å². The highest BCUT2D eigenvalue weighted by Crippen LogP contribution is 2.41. The van der Waals surface area contributed by atoms with Gasteiger partial charge in [0.05, 0.1) is 57.2 Å². The number of aldehydes is 1. The van der Waals surface area contributed by atoms with Gasteiger partial charge < -0.3 is 67.5 Å². The van der Waals surface area contributed by atoms with Gasteiger partial charge in [0.1, 0.15) is 111 Å². The van der Waals surface area contributed by atoms with Crippen molar-refractivity contribution in [1.29, 1.82) is 0 Å². The average molecular weight is 1820 g/mol. The third-order valence-corrected chi connectivity index (χ3v) is 19.7. The zero-order valence-corrected chi connectivity index (χ0v) is 70.2. The zero-order chi connectivity index (χ0) is 82.7.